The van der Waals surface area contributed by atoms with E-state index in [2.05, 4.69) is 46.4 Å². The molecule has 0 aromatic carbocycles. The number of nitrogens with zero attached hydrogens (tertiary/aromatic N) is 1. The predicted molar refractivity (Wildman–Crippen MR) is 89.3 cm³/mol. The molecule has 1 spiro atoms. The second kappa shape index (κ2) is 6.01. The van der Waals surface area contributed by atoms with E-state index in [1.807, 2.05) is 0 Å². The van der Waals surface area contributed by atoms with Gasteiger partial charge in [-0.1, -0.05) is 33.3 Å². The Kier molecular flexibility index (Phi) is 4.91. The summed E-state index contributed by atoms with van der Waals surface area (Å²) >= 11 is 6.76. The average molecular weight is 298 g/mol. The van der Waals surface area contributed by atoms with Crippen molar-refractivity contribution < 1.29 is 0 Å². The Morgan fingerprint density at radius 3 is 1.95 bits per heavy atom. The highest BCUT2D eigenvalue weighted by molar-refractivity contribution is 6.22. The molecule has 0 aromatic rings. The van der Waals surface area contributed by atoms with E-state index in [4.69, 9.17) is 11.6 Å². The van der Waals surface area contributed by atoms with Crippen molar-refractivity contribution >= 4 is 11.6 Å². The van der Waals surface area contributed by atoms with Crippen molar-refractivity contribution in [1.29, 1.82) is 0 Å². The molecule has 2 aliphatic rings. The van der Waals surface area contributed by atoms with Crippen molar-refractivity contribution in [2.75, 3.05) is 13.1 Å². The molecule has 1 nitrogen and oxygen atoms in total. The van der Waals surface area contributed by atoms with Crippen molar-refractivity contribution in [1.82, 2.24) is 4.90 Å². The molecular formula is C18H32ClN. The van der Waals surface area contributed by atoms with E-state index in [0.717, 1.165) is 0 Å². The summed E-state index contributed by atoms with van der Waals surface area (Å²) in [7, 11) is 0. The van der Waals surface area contributed by atoms with Gasteiger partial charge >= 0.3 is 0 Å². The van der Waals surface area contributed by atoms with E-state index in [0.29, 0.717) is 23.3 Å². The Labute approximate surface area is 130 Å². The molecule has 0 unspecified atom stereocenters. The topological polar surface area (TPSA) is 3.24 Å². The van der Waals surface area contributed by atoms with E-state index in [9.17, 15) is 0 Å². The van der Waals surface area contributed by atoms with Crippen LogP contribution in [0.15, 0.2) is 11.1 Å². The summed E-state index contributed by atoms with van der Waals surface area (Å²) in [6, 6.07) is 0.677. The van der Waals surface area contributed by atoms with Gasteiger partial charge in [-0.3, -0.25) is 0 Å². The lowest BCUT2D eigenvalue weighted by atomic mass is 9.69. The molecule has 0 bridgehead atoms. The summed E-state index contributed by atoms with van der Waals surface area (Å²) in [5.41, 5.74) is 3.70. The largest absolute Gasteiger partial charge is 0.301 e. The molecule has 1 aliphatic heterocycles. The van der Waals surface area contributed by atoms with E-state index in [1.54, 1.807) is 11.1 Å². The van der Waals surface area contributed by atoms with Crippen LogP contribution < -0.4 is 0 Å². The van der Waals surface area contributed by atoms with Crippen LogP contribution in [0.1, 0.15) is 60.8 Å². The number of hydrogen-bond acceptors (Lipinski definition) is 1. The predicted octanol–water partition coefficient (Wildman–Crippen LogP) is 5.10. The molecule has 116 valence electrons. The van der Waals surface area contributed by atoms with Gasteiger partial charge in [-0.15, -0.1) is 11.6 Å². The molecule has 0 amide bonds. The fourth-order valence-electron chi connectivity index (χ4n) is 4.60. The van der Waals surface area contributed by atoms with Crippen LogP contribution in [0.5, 0.6) is 0 Å². The number of hydrogen-bond donors (Lipinski definition) is 0. The van der Waals surface area contributed by atoms with Gasteiger partial charge in [0.25, 0.3) is 0 Å². The number of alkyl halides is 1. The molecule has 1 atom stereocenters. The minimum Gasteiger partial charge on any atom is -0.301 e. The minimum absolute atomic E-state index is 0.276. The van der Waals surface area contributed by atoms with Gasteiger partial charge < -0.3 is 4.90 Å². The van der Waals surface area contributed by atoms with Crippen LogP contribution in [0.4, 0.5) is 0 Å². The lowest BCUT2D eigenvalue weighted by Crippen LogP contribution is -2.44. The zero-order valence-corrected chi connectivity index (χ0v) is 14.9. The second-order valence-electron chi connectivity index (χ2n) is 7.76. The molecule has 0 saturated carbocycles. The Balaban J connectivity index is 2.29. The Hall–Kier alpha value is -0.0100. The molecular weight excluding hydrogens is 266 g/mol. The third-order valence-electron chi connectivity index (χ3n) is 5.47. The van der Waals surface area contributed by atoms with Gasteiger partial charge in [0.1, 0.15) is 0 Å². The number of rotatable bonds is 3. The Morgan fingerprint density at radius 1 is 1.00 bits per heavy atom. The minimum atomic E-state index is 0.276. The highest BCUT2D eigenvalue weighted by Gasteiger charge is 2.47. The van der Waals surface area contributed by atoms with E-state index >= 15 is 0 Å². The summed E-state index contributed by atoms with van der Waals surface area (Å²) in [6.45, 7) is 16.5. The van der Waals surface area contributed by atoms with E-state index in [-0.39, 0.29) is 5.38 Å². The summed E-state index contributed by atoms with van der Waals surface area (Å²) in [6.07, 6.45) is 3.79. The molecule has 0 radical (unpaired) electrons. The maximum absolute atomic E-state index is 6.76. The van der Waals surface area contributed by atoms with Crippen LogP contribution in [0.25, 0.3) is 0 Å². The van der Waals surface area contributed by atoms with Crippen molar-refractivity contribution in [3.8, 4) is 0 Å². The molecule has 1 fully saturated rings. The van der Waals surface area contributed by atoms with Gasteiger partial charge in [0.2, 0.25) is 0 Å². The van der Waals surface area contributed by atoms with E-state index < -0.39 is 0 Å². The zero-order chi connectivity index (χ0) is 15.1. The maximum atomic E-state index is 6.76. The Bertz CT molecular complexity index is 373. The first-order valence-corrected chi connectivity index (χ1v) is 8.84. The molecule has 0 N–H and O–H groups in total. The first kappa shape index (κ1) is 16.4. The fourth-order valence-corrected chi connectivity index (χ4v) is 5.26. The SMILES string of the molecule is CC(C)C1=C(C(C)C)C2(CCN(C(C)C)CC2)C[C@@H]1Cl. The van der Waals surface area contributed by atoms with Crippen molar-refractivity contribution in [2.24, 2.45) is 17.3 Å². The molecule has 1 aliphatic carbocycles. The highest BCUT2D eigenvalue weighted by atomic mass is 35.5. The van der Waals surface area contributed by atoms with Gasteiger partial charge in [-0.2, -0.15) is 0 Å². The first-order valence-electron chi connectivity index (χ1n) is 8.41. The molecule has 1 saturated heterocycles. The van der Waals surface area contributed by atoms with Crippen molar-refractivity contribution in [3.63, 3.8) is 0 Å². The monoisotopic (exact) mass is 297 g/mol. The van der Waals surface area contributed by atoms with Crippen molar-refractivity contribution in [3.05, 3.63) is 11.1 Å². The van der Waals surface area contributed by atoms with Gasteiger partial charge in [0.05, 0.1) is 5.38 Å². The second-order valence-corrected chi connectivity index (χ2v) is 8.29. The molecule has 20 heavy (non-hydrogen) atoms. The highest BCUT2D eigenvalue weighted by Crippen LogP contribution is 2.55. The third kappa shape index (κ3) is 2.81. The lowest BCUT2D eigenvalue weighted by molar-refractivity contribution is 0.101. The summed E-state index contributed by atoms with van der Waals surface area (Å²) in [5.74, 6) is 1.24. The quantitative estimate of drug-likeness (QED) is 0.517. The number of piperidine rings is 1. The Morgan fingerprint density at radius 2 is 1.55 bits per heavy atom. The first-order chi connectivity index (χ1) is 9.28. The van der Waals surface area contributed by atoms with Crippen LogP contribution in [0, 0.1) is 17.3 Å². The van der Waals surface area contributed by atoms with Gasteiger partial charge in [0.15, 0.2) is 0 Å². The summed E-state index contributed by atoms with van der Waals surface area (Å²) < 4.78 is 0. The van der Waals surface area contributed by atoms with Gasteiger partial charge in [0, 0.05) is 6.04 Å². The number of halogens is 1. The lowest BCUT2D eigenvalue weighted by Gasteiger charge is -2.44. The van der Waals surface area contributed by atoms with Crippen LogP contribution in [0.2, 0.25) is 0 Å². The molecule has 0 aromatic heterocycles. The number of likely N-dealkylation sites (tertiary alicyclic amines) is 1. The average Bonchev–Trinajstić information content (AvgIpc) is 2.62. The van der Waals surface area contributed by atoms with Crippen LogP contribution in [-0.4, -0.2) is 29.4 Å². The molecule has 2 heteroatoms. The molecule has 2 rings (SSSR count). The standard InChI is InChI=1S/C18H32ClN/c1-12(2)16-15(19)11-18(17(16)13(3)4)7-9-20(10-8-18)14(5)6/h12-15H,7-11H2,1-6H3/t15-/m0/s1. The summed E-state index contributed by atoms with van der Waals surface area (Å²) in [5, 5.41) is 0.276. The van der Waals surface area contributed by atoms with Gasteiger partial charge in [-0.05, 0) is 69.0 Å². The van der Waals surface area contributed by atoms with Crippen molar-refractivity contribution in [2.45, 2.75) is 72.2 Å². The van der Waals surface area contributed by atoms with Crippen LogP contribution in [-0.2, 0) is 0 Å². The number of allylic oxidation sites excluding steroid dienone is 2. The zero-order valence-electron chi connectivity index (χ0n) is 14.2. The third-order valence-corrected chi connectivity index (χ3v) is 5.86. The normalized spacial score (nSPS) is 27.6. The van der Waals surface area contributed by atoms with Crippen LogP contribution in [0.3, 0.4) is 0 Å². The van der Waals surface area contributed by atoms with Crippen LogP contribution >= 0.6 is 11.6 Å². The fraction of sp³-hybridized carbons (Fsp3) is 0.889. The summed E-state index contributed by atoms with van der Waals surface area (Å²) in [4.78, 5) is 2.62. The molecule has 1 heterocycles. The maximum Gasteiger partial charge on any atom is 0.0559 e. The smallest absolute Gasteiger partial charge is 0.0559 e. The van der Waals surface area contributed by atoms with Gasteiger partial charge in [-0.25, -0.2) is 0 Å². The van der Waals surface area contributed by atoms with E-state index in [1.165, 1.54) is 32.4 Å².